The van der Waals surface area contributed by atoms with Crippen molar-refractivity contribution in [1.82, 2.24) is 10.2 Å². The molecule has 1 fully saturated rings. The van der Waals surface area contributed by atoms with Crippen molar-refractivity contribution in [3.05, 3.63) is 71.5 Å². The lowest BCUT2D eigenvalue weighted by molar-refractivity contribution is -0.144. The number of nitrogens with one attached hydrogen (secondary N) is 2. The first kappa shape index (κ1) is 28.7. The van der Waals surface area contributed by atoms with E-state index in [1.54, 1.807) is 24.0 Å². The van der Waals surface area contributed by atoms with Gasteiger partial charge in [0.25, 0.3) is 0 Å². The number of carbonyl (C=O) groups excluding carboxylic acids is 4. The minimum Gasteiger partial charge on any atom is -0.344 e. The van der Waals surface area contributed by atoms with Crippen LogP contribution in [-0.2, 0) is 25.6 Å². The summed E-state index contributed by atoms with van der Waals surface area (Å²) in [6.07, 6.45) is 0.826. The predicted octanol–water partition coefficient (Wildman–Crippen LogP) is 4.34. The summed E-state index contributed by atoms with van der Waals surface area (Å²) in [4.78, 5) is 55.3. The molecule has 0 spiro atoms. The standard InChI is InChI=1S/C31H35FN4O4/c1-5-26-31(40)36(27-18-22-9-7-8-10-24(22)19(3)29(27)34-28(38)6-2)16-15-35(26)30(39)25(33-20(4)37)17-21-11-13-23(32)14-12-21/h7-14,18,25-26H,5-6,15-17H2,1-4H3,(H,33,37)(H,34,38). The first-order valence-electron chi connectivity index (χ1n) is 13.6. The number of carbonyl (C=O) groups is 4. The third-order valence-corrected chi connectivity index (χ3v) is 7.35. The number of piperazine rings is 1. The van der Waals surface area contributed by atoms with E-state index in [9.17, 15) is 23.6 Å². The lowest BCUT2D eigenvalue weighted by Gasteiger charge is -2.42. The van der Waals surface area contributed by atoms with Gasteiger partial charge in [-0.05, 0) is 53.4 Å². The third kappa shape index (κ3) is 5.98. The Balaban J connectivity index is 1.66. The number of fused-ring (bicyclic) bond motifs is 1. The topological polar surface area (TPSA) is 98.8 Å². The number of anilines is 2. The molecule has 0 radical (unpaired) electrons. The first-order valence-corrected chi connectivity index (χ1v) is 13.6. The van der Waals surface area contributed by atoms with E-state index in [1.165, 1.54) is 24.0 Å². The second-order valence-electron chi connectivity index (χ2n) is 10.0. The molecule has 0 aromatic heterocycles. The van der Waals surface area contributed by atoms with Gasteiger partial charge in [0.2, 0.25) is 23.6 Å². The van der Waals surface area contributed by atoms with E-state index in [1.807, 2.05) is 44.2 Å². The zero-order valence-electron chi connectivity index (χ0n) is 23.3. The van der Waals surface area contributed by atoms with E-state index in [-0.39, 0.29) is 49.6 Å². The van der Waals surface area contributed by atoms with E-state index in [0.29, 0.717) is 23.4 Å². The van der Waals surface area contributed by atoms with Gasteiger partial charge in [0.15, 0.2) is 0 Å². The molecule has 210 valence electrons. The highest BCUT2D eigenvalue weighted by atomic mass is 19.1. The Morgan fingerprint density at radius 1 is 1.05 bits per heavy atom. The van der Waals surface area contributed by atoms with Crippen molar-refractivity contribution < 1.29 is 23.6 Å². The van der Waals surface area contributed by atoms with Crippen LogP contribution in [0, 0.1) is 12.7 Å². The van der Waals surface area contributed by atoms with Crippen molar-refractivity contribution in [2.45, 2.75) is 59.0 Å². The molecule has 8 nitrogen and oxygen atoms in total. The number of aryl methyl sites for hydroxylation is 1. The number of nitrogens with zero attached hydrogens (tertiary/aromatic N) is 2. The zero-order valence-corrected chi connectivity index (χ0v) is 23.3. The maximum atomic E-state index is 14.0. The molecular weight excluding hydrogens is 511 g/mol. The number of hydrogen-bond donors (Lipinski definition) is 2. The zero-order chi connectivity index (χ0) is 29.0. The molecule has 9 heteroatoms. The van der Waals surface area contributed by atoms with E-state index >= 15 is 0 Å². The third-order valence-electron chi connectivity index (χ3n) is 7.35. The average Bonchev–Trinajstić information content (AvgIpc) is 2.94. The summed E-state index contributed by atoms with van der Waals surface area (Å²) in [5.74, 6) is -1.55. The molecule has 1 saturated heterocycles. The van der Waals surface area contributed by atoms with E-state index < -0.39 is 17.9 Å². The number of hydrogen-bond acceptors (Lipinski definition) is 4. The molecule has 1 aliphatic rings. The Bertz CT molecular complexity index is 1440. The van der Waals surface area contributed by atoms with Gasteiger partial charge in [0.1, 0.15) is 17.9 Å². The first-order chi connectivity index (χ1) is 19.1. The highest BCUT2D eigenvalue weighted by Gasteiger charge is 2.40. The maximum Gasteiger partial charge on any atom is 0.249 e. The number of amides is 4. The normalized spacial score (nSPS) is 16.1. The second kappa shape index (κ2) is 12.3. The van der Waals surface area contributed by atoms with Crippen LogP contribution < -0.4 is 15.5 Å². The molecule has 2 N–H and O–H groups in total. The molecule has 0 saturated carbocycles. The van der Waals surface area contributed by atoms with Gasteiger partial charge in [-0.25, -0.2) is 4.39 Å². The van der Waals surface area contributed by atoms with Gasteiger partial charge in [-0.1, -0.05) is 50.2 Å². The molecule has 0 bridgehead atoms. The summed E-state index contributed by atoms with van der Waals surface area (Å²) in [6, 6.07) is 13.8. The van der Waals surface area contributed by atoms with Crippen LogP contribution in [0.1, 0.15) is 44.7 Å². The number of benzene rings is 3. The summed E-state index contributed by atoms with van der Waals surface area (Å²) >= 11 is 0. The van der Waals surface area contributed by atoms with Gasteiger partial charge in [0.05, 0.1) is 11.4 Å². The molecule has 2 atom stereocenters. The largest absolute Gasteiger partial charge is 0.344 e. The van der Waals surface area contributed by atoms with Crippen LogP contribution >= 0.6 is 0 Å². The Kier molecular flexibility index (Phi) is 8.82. The fourth-order valence-electron chi connectivity index (χ4n) is 5.30. The van der Waals surface area contributed by atoms with Crippen LogP contribution in [0.25, 0.3) is 10.8 Å². The average molecular weight is 547 g/mol. The maximum absolute atomic E-state index is 14.0. The molecule has 4 rings (SSSR count). The molecule has 2 unspecified atom stereocenters. The summed E-state index contributed by atoms with van der Waals surface area (Å²) < 4.78 is 13.4. The predicted molar refractivity (Wildman–Crippen MR) is 153 cm³/mol. The van der Waals surface area contributed by atoms with Crippen LogP contribution in [0.2, 0.25) is 0 Å². The molecule has 1 heterocycles. The number of halogens is 1. The lowest BCUT2D eigenvalue weighted by Crippen LogP contribution is -2.62. The fourth-order valence-corrected chi connectivity index (χ4v) is 5.30. The van der Waals surface area contributed by atoms with Crippen molar-refractivity contribution in [2.75, 3.05) is 23.3 Å². The highest BCUT2D eigenvalue weighted by Crippen LogP contribution is 2.37. The summed E-state index contributed by atoms with van der Waals surface area (Å²) in [6.45, 7) is 7.33. The van der Waals surface area contributed by atoms with Crippen LogP contribution in [0.5, 0.6) is 0 Å². The Hall–Kier alpha value is -4.27. The van der Waals surface area contributed by atoms with Gasteiger partial charge in [-0.15, -0.1) is 0 Å². The molecule has 1 aliphatic heterocycles. The smallest absolute Gasteiger partial charge is 0.249 e. The number of rotatable bonds is 8. The van der Waals surface area contributed by atoms with Crippen molar-refractivity contribution >= 4 is 45.8 Å². The van der Waals surface area contributed by atoms with Crippen LogP contribution in [0.3, 0.4) is 0 Å². The van der Waals surface area contributed by atoms with E-state index in [4.69, 9.17) is 0 Å². The molecule has 4 amide bonds. The minimum absolute atomic E-state index is 0.160. The lowest BCUT2D eigenvalue weighted by atomic mass is 9.98. The Morgan fingerprint density at radius 2 is 1.75 bits per heavy atom. The van der Waals surface area contributed by atoms with Crippen LogP contribution in [0.4, 0.5) is 15.8 Å². The van der Waals surface area contributed by atoms with Crippen LogP contribution in [0.15, 0.2) is 54.6 Å². The minimum atomic E-state index is -0.904. The highest BCUT2D eigenvalue weighted by molar-refractivity contribution is 6.09. The Labute approximate surface area is 233 Å². The van der Waals surface area contributed by atoms with Crippen molar-refractivity contribution in [2.24, 2.45) is 0 Å². The van der Waals surface area contributed by atoms with Crippen molar-refractivity contribution in [3.8, 4) is 0 Å². The van der Waals surface area contributed by atoms with Gasteiger partial charge in [0, 0.05) is 32.9 Å². The van der Waals surface area contributed by atoms with Gasteiger partial charge < -0.3 is 20.4 Å². The Morgan fingerprint density at radius 3 is 2.40 bits per heavy atom. The monoisotopic (exact) mass is 546 g/mol. The SMILES string of the molecule is CCC(=O)Nc1c(N2CCN(C(=O)C(Cc3ccc(F)cc3)NC(C)=O)C(CC)C2=O)cc2ccccc2c1C. The quantitative estimate of drug-likeness (QED) is 0.439. The summed E-state index contributed by atoms with van der Waals surface area (Å²) in [5, 5.41) is 7.62. The fraction of sp³-hybridized carbons (Fsp3) is 0.355. The van der Waals surface area contributed by atoms with E-state index in [2.05, 4.69) is 10.6 Å². The molecule has 0 aliphatic carbocycles. The molecule has 40 heavy (non-hydrogen) atoms. The van der Waals surface area contributed by atoms with Crippen molar-refractivity contribution in [3.63, 3.8) is 0 Å². The van der Waals surface area contributed by atoms with Gasteiger partial charge in [-0.3, -0.25) is 19.2 Å². The van der Waals surface area contributed by atoms with Gasteiger partial charge in [-0.2, -0.15) is 0 Å². The summed E-state index contributed by atoms with van der Waals surface area (Å²) in [5.41, 5.74) is 2.73. The molecular formula is C31H35FN4O4. The van der Waals surface area contributed by atoms with Crippen molar-refractivity contribution in [1.29, 1.82) is 0 Å². The molecule has 3 aromatic rings. The second-order valence-corrected chi connectivity index (χ2v) is 10.0. The van der Waals surface area contributed by atoms with E-state index in [0.717, 1.165) is 16.3 Å². The molecule has 3 aromatic carbocycles. The van der Waals surface area contributed by atoms with Gasteiger partial charge >= 0.3 is 0 Å². The summed E-state index contributed by atoms with van der Waals surface area (Å²) in [7, 11) is 0. The van der Waals surface area contributed by atoms with Crippen LogP contribution in [-0.4, -0.2) is 53.7 Å².